The van der Waals surface area contributed by atoms with E-state index >= 15 is 0 Å². The smallest absolute Gasteiger partial charge is 0.106 e. The normalized spacial score (nSPS) is 18.2. The molecule has 0 radical (unpaired) electrons. The molecule has 0 aliphatic heterocycles. The number of nitrogens with zero attached hydrogens (tertiary/aromatic N) is 1. The van der Waals surface area contributed by atoms with Crippen molar-refractivity contribution in [1.29, 1.82) is 0 Å². The van der Waals surface area contributed by atoms with Gasteiger partial charge in [0.15, 0.2) is 0 Å². The highest BCUT2D eigenvalue weighted by atomic mass is 32.1. The minimum absolute atomic E-state index is 0.0156. The fraction of sp³-hybridized carbons (Fsp3) is 0.533. The Morgan fingerprint density at radius 3 is 2.85 bits per heavy atom. The van der Waals surface area contributed by atoms with E-state index in [1.807, 2.05) is 11.6 Å². The SMILES string of the molecule is Nc1c(NCC2(CO)CCCCC2)ccc2scnc12. The molecule has 1 heterocycles. The van der Waals surface area contributed by atoms with Crippen LogP contribution in [0.5, 0.6) is 0 Å². The molecular weight excluding hydrogens is 270 g/mol. The summed E-state index contributed by atoms with van der Waals surface area (Å²) in [6.45, 7) is 1.03. The van der Waals surface area contributed by atoms with Gasteiger partial charge in [0.05, 0.1) is 28.2 Å². The molecule has 0 saturated heterocycles. The van der Waals surface area contributed by atoms with Crippen molar-refractivity contribution in [2.24, 2.45) is 5.41 Å². The molecule has 1 saturated carbocycles. The molecule has 3 rings (SSSR count). The average Bonchev–Trinajstić information content (AvgIpc) is 2.97. The lowest BCUT2D eigenvalue weighted by Gasteiger charge is -2.36. The van der Waals surface area contributed by atoms with Crippen LogP contribution in [0.2, 0.25) is 0 Å². The Hall–Kier alpha value is -1.33. The van der Waals surface area contributed by atoms with E-state index in [4.69, 9.17) is 5.73 Å². The lowest BCUT2D eigenvalue weighted by molar-refractivity contribution is 0.0944. The highest BCUT2D eigenvalue weighted by molar-refractivity contribution is 7.16. The van der Waals surface area contributed by atoms with Crippen molar-refractivity contribution in [3.05, 3.63) is 17.6 Å². The Kier molecular flexibility index (Phi) is 3.81. The van der Waals surface area contributed by atoms with Gasteiger partial charge < -0.3 is 16.2 Å². The molecule has 0 bridgehead atoms. The van der Waals surface area contributed by atoms with Crippen LogP contribution in [0.1, 0.15) is 32.1 Å². The number of aliphatic hydroxyl groups excluding tert-OH is 1. The number of anilines is 2. The van der Waals surface area contributed by atoms with Gasteiger partial charge in [-0.05, 0) is 25.0 Å². The molecule has 4 nitrogen and oxygen atoms in total. The largest absolute Gasteiger partial charge is 0.396 e. The molecule has 5 heteroatoms. The first-order valence-corrected chi connectivity index (χ1v) is 8.08. The summed E-state index contributed by atoms with van der Waals surface area (Å²) in [6.07, 6.45) is 5.89. The fourth-order valence-corrected chi connectivity index (χ4v) is 3.77. The minimum atomic E-state index is 0.0156. The number of hydrogen-bond donors (Lipinski definition) is 3. The highest BCUT2D eigenvalue weighted by Gasteiger charge is 2.31. The van der Waals surface area contributed by atoms with Crippen LogP contribution in [0.25, 0.3) is 10.2 Å². The van der Waals surface area contributed by atoms with Crippen LogP contribution in [0.4, 0.5) is 11.4 Å². The van der Waals surface area contributed by atoms with Crippen LogP contribution in [0, 0.1) is 5.41 Å². The molecule has 4 N–H and O–H groups in total. The van der Waals surface area contributed by atoms with E-state index < -0.39 is 0 Å². The van der Waals surface area contributed by atoms with Gasteiger partial charge in [-0.25, -0.2) is 4.98 Å². The Morgan fingerprint density at radius 2 is 2.10 bits per heavy atom. The fourth-order valence-electron chi connectivity index (χ4n) is 3.08. The van der Waals surface area contributed by atoms with Crippen molar-refractivity contribution in [2.45, 2.75) is 32.1 Å². The summed E-state index contributed by atoms with van der Waals surface area (Å²) in [7, 11) is 0. The topological polar surface area (TPSA) is 71.2 Å². The van der Waals surface area contributed by atoms with Crippen molar-refractivity contribution >= 4 is 32.9 Å². The van der Waals surface area contributed by atoms with Gasteiger partial charge in [0.1, 0.15) is 5.52 Å². The zero-order chi connectivity index (χ0) is 14.0. The van der Waals surface area contributed by atoms with Crippen LogP contribution in [0.3, 0.4) is 0 Å². The molecule has 108 valence electrons. The first kappa shape index (κ1) is 13.6. The first-order chi connectivity index (χ1) is 9.74. The number of benzene rings is 1. The van der Waals surface area contributed by atoms with Crippen LogP contribution in [-0.2, 0) is 0 Å². The molecule has 0 atom stereocenters. The number of rotatable bonds is 4. The summed E-state index contributed by atoms with van der Waals surface area (Å²) in [6, 6.07) is 4.07. The predicted molar refractivity (Wildman–Crippen MR) is 85.1 cm³/mol. The van der Waals surface area contributed by atoms with Gasteiger partial charge >= 0.3 is 0 Å². The molecule has 1 aliphatic carbocycles. The number of hydrogen-bond acceptors (Lipinski definition) is 5. The molecule has 1 aliphatic rings. The van der Waals surface area contributed by atoms with Gasteiger partial charge in [0.25, 0.3) is 0 Å². The standard InChI is InChI=1S/C15H21N3OS/c16-13-11(4-5-12-14(13)18-10-20-12)17-8-15(9-19)6-2-1-3-7-15/h4-5,10,17,19H,1-3,6-9,16H2. The van der Waals surface area contributed by atoms with Gasteiger partial charge in [-0.2, -0.15) is 0 Å². The van der Waals surface area contributed by atoms with Crippen LogP contribution in [-0.4, -0.2) is 23.2 Å². The maximum Gasteiger partial charge on any atom is 0.106 e. The molecule has 1 fully saturated rings. The summed E-state index contributed by atoms with van der Waals surface area (Å²) >= 11 is 1.60. The Balaban J connectivity index is 1.77. The van der Waals surface area contributed by atoms with Crippen LogP contribution >= 0.6 is 11.3 Å². The van der Waals surface area contributed by atoms with Crippen molar-refractivity contribution < 1.29 is 5.11 Å². The van der Waals surface area contributed by atoms with E-state index in [2.05, 4.69) is 16.4 Å². The third-order valence-corrected chi connectivity index (χ3v) is 5.24. The summed E-state index contributed by atoms with van der Waals surface area (Å²) < 4.78 is 1.11. The molecule has 1 aromatic heterocycles. The van der Waals surface area contributed by atoms with E-state index in [1.165, 1.54) is 19.3 Å². The molecule has 0 unspecified atom stereocenters. The Labute approximate surface area is 123 Å². The van der Waals surface area contributed by atoms with E-state index in [-0.39, 0.29) is 12.0 Å². The van der Waals surface area contributed by atoms with Crippen molar-refractivity contribution in [2.75, 3.05) is 24.2 Å². The molecule has 0 amide bonds. The van der Waals surface area contributed by atoms with Gasteiger partial charge in [-0.1, -0.05) is 19.3 Å². The van der Waals surface area contributed by atoms with Crippen molar-refractivity contribution in [3.63, 3.8) is 0 Å². The molecule has 20 heavy (non-hydrogen) atoms. The van der Waals surface area contributed by atoms with Crippen molar-refractivity contribution in [1.82, 2.24) is 4.98 Å². The van der Waals surface area contributed by atoms with Gasteiger partial charge in [0.2, 0.25) is 0 Å². The second-order valence-electron chi connectivity index (χ2n) is 5.80. The summed E-state index contributed by atoms with van der Waals surface area (Å²) in [4.78, 5) is 4.32. The second kappa shape index (κ2) is 5.58. The molecule has 1 aromatic carbocycles. The lowest BCUT2D eigenvalue weighted by atomic mass is 9.74. The molecular formula is C15H21N3OS. The number of nitrogens with two attached hydrogens (primary N) is 1. The Morgan fingerprint density at radius 1 is 1.30 bits per heavy atom. The van der Waals surface area contributed by atoms with E-state index in [0.717, 1.165) is 35.3 Å². The molecule has 0 spiro atoms. The number of aliphatic hydroxyl groups is 1. The summed E-state index contributed by atoms with van der Waals surface area (Å²) in [5.41, 5.74) is 10.5. The van der Waals surface area contributed by atoms with E-state index in [9.17, 15) is 5.11 Å². The number of aromatic nitrogens is 1. The zero-order valence-electron chi connectivity index (χ0n) is 11.6. The summed E-state index contributed by atoms with van der Waals surface area (Å²) in [5.74, 6) is 0. The maximum atomic E-state index is 9.75. The monoisotopic (exact) mass is 291 g/mol. The van der Waals surface area contributed by atoms with E-state index in [1.54, 1.807) is 11.3 Å². The number of thiazole rings is 1. The molecule has 2 aromatic rings. The third-order valence-electron chi connectivity index (χ3n) is 4.44. The third kappa shape index (κ3) is 2.47. The van der Waals surface area contributed by atoms with Crippen LogP contribution in [0.15, 0.2) is 17.6 Å². The van der Waals surface area contributed by atoms with E-state index in [0.29, 0.717) is 5.69 Å². The average molecular weight is 291 g/mol. The highest BCUT2D eigenvalue weighted by Crippen LogP contribution is 2.37. The van der Waals surface area contributed by atoms with Crippen LogP contribution < -0.4 is 11.1 Å². The first-order valence-electron chi connectivity index (χ1n) is 7.20. The predicted octanol–water partition coefficient (Wildman–Crippen LogP) is 3.23. The number of fused-ring (bicyclic) bond motifs is 1. The lowest BCUT2D eigenvalue weighted by Crippen LogP contribution is -2.35. The van der Waals surface area contributed by atoms with Gasteiger partial charge in [-0.15, -0.1) is 11.3 Å². The quantitative estimate of drug-likeness (QED) is 0.756. The minimum Gasteiger partial charge on any atom is -0.396 e. The maximum absolute atomic E-state index is 9.75. The van der Waals surface area contributed by atoms with Gasteiger partial charge in [0, 0.05) is 12.0 Å². The number of nitrogen functional groups attached to an aromatic ring is 1. The van der Waals surface area contributed by atoms with Crippen molar-refractivity contribution in [3.8, 4) is 0 Å². The second-order valence-corrected chi connectivity index (χ2v) is 6.68. The van der Waals surface area contributed by atoms with Gasteiger partial charge in [-0.3, -0.25) is 0 Å². The zero-order valence-corrected chi connectivity index (χ0v) is 12.4. The number of nitrogens with one attached hydrogen (secondary N) is 1. The Bertz CT molecular complexity index is 590. The summed E-state index contributed by atoms with van der Waals surface area (Å²) in [5, 5.41) is 13.2.